The molecule has 0 spiro atoms. The van der Waals surface area contributed by atoms with E-state index >= 15 is 0 Å². The normalized spacial score (nSPS) is 28.1. The highest BCUT2D eigenvalue weighted by molar-refractivity contribution is 6.21. The van der Waals surface area contributed by atoms with Crippen LogP contribution < -0.4 is 0 Å². The van der Waals surface area contributed by atoms with Gasteiger partial charge in [-0.15, -0.1) is 11.6 Å². The quantitative estimate of drug-likeness (QED) is 0.656. The van der Waals surface area contributed by atoms with Crippen molar-refractivity contribution in [1.82, 2.24) is 0 Å². The van der Waals surface area contributed by atoms with Gasteiger partial charge in [0.05, 0.1) is 11.5 Å². The van der Waals surface area contributed by atoms with Crippen molar-refractivity contribution < 1.29 is 4.74 Å². The molecule has 1 aromatic carbocycles. The molecule has 1 aliphatic carbocycles. The summed E-state index contributed by atoms with van der Waals surface area (Å²) in [5, 5.41) is -0.0151. The fraction of sp³-hybridized carbons (Fsp3) is 0.684. The molecular formula is C19H27ClO. The first-order valence-electron chi connectivity index (χ1n) is 8.22. The van der Waals surface area contributed by atoms with Gasteiger partial charge in [-0.3, -0.25) is 0 Å². The Balaban J connectivity index is 1.99. The molecule has 1 heterocycles. The molecule has 1 saturated heterocycles. The fourth-order valence-corrected chi connectivity index (χ4v) is 4.16. The van der Waals surface area contributed by atoms with Crippen molar-refractivity contribution in [2.24, 2.45) is 0 Å². The van der Waals surface area contributed by atoms with Crippen molar-refractivity contribution in [1.29, 1.82) is 0 Å². The molecule has 0 aromatic heterocycles. The summed E-state index contributed by atoms with van der Waals surface area (Å²) in [7, 11) is 0. The molecule has 3 rings (SSSR count). The maximum Gasteiger partial charge on any atom is 0.0847 e. The standard InChI is InChI=1S/C19H27ClO/c1-18(2)9-10-19(3,4)15-12-13(7-8-14(15)18)17(20)16-6-5-11-21-16/h7-8,12,16-17H,5-6,9-11H2,1-4H3. The fourth-order valence-electron chi connectivity index (χ4n) is 3.83. The predicted octanol–water partition coefficient (Wildman–Crippen LogP) is 5.49. The SMILES string of the molecule is CC1(C)CCC(C)(C)c2cc(C(Cl)C3CCCO3)ccc21. The molecule has 1 nitrogen and oxygen atoms in total. The number of hydrogen-bond donors (Lipinski definition) is 0. The monoisotopic (exact) mass is 306 g/mol. The molecule has 2 aliphatic rings. The third-order valence-electron chi connectivity index (χ3n) is 5.49. The maximum atomic E-state index is 6.69. The number of benzene rings is 1. The van der Waals surface area contributed by atoms with Crippen molar-refractivity contribution in [3.05, 3.63) is 34.9 Å². The van der Waals surface area contributed by atoms with Crippen molar-refractivity contribution >= 4 is 11.6 Å². The van der Waals surface area contributed by atoms with E-state index in [1.165, 1.54) is 29.5 Å². The van der Waals surface area contributed by atoms with Gasteiger partial charge >= 0.3 is 0 Å². The van der Waals surface area contributed by atoms with E-state index in [2.05, 4.69) is 45.9 Å². The van der Waals surface area contributed by atoms with Gasteiger partial charge in [-0.05, 0) is 53.2 Å². The Morgan fingerprint density at radius 3 is 2.38 bits per heavy atom. The second-order valence-corrected chi connectivity index (χ2v) is 8.50. The zero-order chi connectivity index (χ0) is 15.3. The molecule has 0 radical (unpaired) electrons. The van der Waals surface area contributed by atoms with Gasteiger partial charge in [0.2, 0.25) is 0 Å². The number of alkyl halides is 1. The summed E-state index contributed by atoms with van der Waals surface area (Å²) in [6.07, 6.45) is 4.90. The lowest BCUT2D eigenvalue weighted by molar-refractivity contribution is 0.107. The Morgan fingerprint density at radius 1 is 1.10 bits per heavy atom. The van der Waals surface area contributed by atoms with Gasteiger partial charge < -0.3 is 4.74 Å². The Hall–Kier alpha value is -0.530. The summed E-state index contributed by atoms with van der Waals surface area (Å²) < 4.78 is 5.77. The van der Waals surface area contributed by atoms with E-state index in [1.54, 1.807) is 0 Å². The first kappa shape index (κ1) is 15.4. The van der Waals surface area contributed by atoms with Crippen LogP contribution in [0.25, 0.3) is 0 Å². The van der Waals surface area contributed by atoms with Crippen LogP contribution in [-0.4, -0.2) is 12.7 Å². The van der Waals surface area contributed by atoms with Crippen LogP contribution >= 0.6 is 11.6 Å². The smallest absolute Gasteiger partial charge is 0.0847 e. The third-order valence-corrected chi connectivity index (χ3v) is 6.02. The van der Waals surface area contributed by atoms with Crippen LogP contribution in [0.4, 0.5) is 0 Å². The summed E-state index contributed by atoms with van der Waals surface area (Å²) in [4.78, 5) is 0. The molecule has 116 valence electrons. The summed E-state index contributed by atoms with van der Waals surface area (Å²) in [5.74, 6) is 0. The maximum absolute atomic E-state index is 6.69. The number of rotatable bonds is 2. The van der Waals surface area contributed by atoms with Crippen LogP contribution in [0.1, 0.15) is 75.4 Å². The van der Waals surface area contributed by atoms with Crippen LogP contribution in [0.2, 0.25) is 0 Å². The van der Waals surface area contributed by atoms with Gasteiger partial charge in [-0.25, -0.2) is 0 Å². The molecule has 0 amide bonds. The Labute approximate surface area is 134 Å². The minimum absolute atomic E-state index is 0.0151. The molecule has 2 atom stereocenters. The van der Waals surface area contributed by atoms with E-state index in [-0.39, 0.29) is 22.3 Å². The largest absolute Gasteiger partial charge is 0.376 e. The van der Waals surface area contributed by atoms with E-state index in [0.717, 1.165) is 19.4 Å². The molecule has 2 unspecified atom stereocenters. The van der Waals surface area contributed by atoms with Crippen LogP contribution in [0, 0.1) is 0 Å². The average Bonchev–Trinajstić information content (AvgIpc) is 2.97. The molecule has 1 aromatic rings. The molecule has 1 fully saturated rings. The first-order chi connectivity index (χ1) is 9.81. The summed E-state index contributed by atoms with van der Waals surface area (Å²) >= 11 is 6.69. The van der Waals surface area contributed by atoms with E-state index in [4.69, 9.17) is 16.3 Å². The van der Waals surface area contributed by atoms with Crippen molar-refractivity contribution in [2.75, 3.05) is 6.61 Å². The Bertz CT molecular complexity index is 526. The van der Waals surface area contributed by atoms with Gasteiger partial charge in [0, 0.05) is 6.61 Å². The van der Waals surface area contributed by atoms with E-state index in [0.29, 0.717) is 0 Å². The van der Waals surface area contributed by atoms with Gasteiger partial charge in [0.1, 0.15) is 0 Å². The number of fused-ring (bicyclic) bond motifs is 1. The third kappa shape index (κ3) is 2.75. The zero-order valence-electron chi connectivity index (χ0n) is 13.7. The molecule has 2 heteroatoms. The second-order valence-electron chi connectivity index (χ2n) is 8.03. The average molecular weight is 307 g/mol. The van der Waals surface area contributed by atoms with Crippen LogP contribution in [0.3, 0.4) is 0 Å². The molecular weight excluding hydrogens is 280 g/mol. The van der Waals surface area contributed by atoms with Crippen molar-refractivity contribution in [3.8, 4) is 0 Å². The summed E-state index contributed by atoms with van der Waals surface area (Å²) in [6.45, 7) is 10.3. The van der Waals surface area contributed by atoms with Gasteiger partial charge in [-0.2, -0.15) is 0 Å². The van der Waals surface area contributed by atoms with Crippen LogP contribution in [-0.2, 0) is 15.6 Å². The number of halogens is 1. The lowest BCUT2D eigenvalue weighted by Gasteiger charge is -2.42. The number of hydrogen-bond acceptors (Lipinski definition) is 1. The predicted molar refractivity (Wildman–Crippen MR) is 89.3 cm³/mol. The second kappa shape index (κ2) is 5.28. The molecule has 0 saturated carbocycles. The van der Waals surface area contributed by atoms with Crippen molar-refractivity contribution in [2.45, 2.75) is 75.7 Å². The number of ether oxygens (including phenoxy) is 1. The first-order valence-corrected chi connectivity index (χ1v) is 8.65. The highest BCUT2D eigenvalue weighted by Crippen LogP contribution is 2.47. The Kier molecular flexibility index (Phi) is 3.86. The van der Waals surface area contributed by atoms with Gasteiger partial charge in [-0.1, -0.05) is 45.9 Å². The zero-order valence-corrected chi connectivity index (χ0v) is 14.5. The highest BCUT2D eigenvalue weighted by atomic mass is 35.5. The van der Waals surface area contributed by atoms with E-state index in [1.807, 2.05) is 0 Å². The van der Waals surface area contributed by atoms with Crippen molar-refractivity contribution in [3.63, 3.8) is 0 Å². The van der Waals surface area contributed by atoms with Crippen LogP contribution in [0.15, 0.2) is 18.2 Å². The lowest BCUT2D eigenvalue weighted by atomic mass is 9.63. The molecule has 0 N–H and O–H groups in total. The molecule has 0 bridgehead atoms. The summed E-state index contributed by atoms with van der Waals surface area (Å²) in [5.41, 5.74) is 4.73. The minimum Gasteiger partial charge on any atom is -0.376 e. The highest BCUT2D eigenvalue weighted by Gasteiger charge is 2.37. The van der Waals surface area contributed by atoms with Gasteiger partial charge in [0.15, 0.2) is 0 Å². The minimum atomic E-state index is -0.0151. The van der Waals surface area contributed by atoms with E-state index < -0.39 is 0 Å². The topological polar surface area (TPSA) is 9.23 Å². The molecule has 21 heavy (non-hydrogen) atoms. The molecule has 1 aliphatic heterocycles. The Morgan fingerprint density at radius 2 is 1.76 bits per heavy atom. The van der Waals surface area contributed by atoms with E-state index in [9.17, 15) is 0 Å². The van der Waals surface area contributed by atoms with Gasteiger partial charge in [0.25, 0.3) is 0 Å². The lowest BCUT2D eigenvalue weighted by Crippen LogP contribution is -2.34. The summed E-state index contributed by atoms with van der Waals surface area (Å²) in [6, 6.07) is 6.90. The van der Waals surface area contributed by atoms with Crippen LogP contribution in [0.5, 0.6) is 0 Å².